The highest BCUT2D eigenvalue weighted by molar-refractivity contribution is 9.10. The van der Waals surface area contributed by atoms with E-state index in [1.54, 1.807) is 0 Å². The van der Waals surface area contributed by atoms with Gasteiger partial charge in [0.15, 0.2) is 0 Å². The van der Waals surface area contributed by atoms with Crippen LogP contribution in [0, 0.1) is 11.3 Å². The molecule has 5 nitrogen and oxygen atoms in total. The smallest absolute Gasteiger partial charge is 0.147 e. The first-order chi connectivity index (χ1) is 14.7. The summed E-state index contributed by atoms with van der Waals surface area (Å²) in [5.41, 5.74) is 4.29. The summed E-state index contributed by atoms with van der Waals surface area (Å²) in [4.78, 5) is 0. The van der Waals surface area contributed by atoms with Crippen molar-refractivity contribution in [3.05, 3.63) is 88.4 Å². The summed E-state index contributed by atoms with van der Waals surface area (Å²) < 4.78 is 8.75. The molecule has 1 aromatic heterocycles. The Kier molecular flexibility index (Phi) is 4.74. The summed E-state index contributed by atoms with van der Waals surface area (Å²) in [6.07, 6.45) is 0.846. The summed E-state index contributed by atoms with van der Waals surface area (Å²) in [6, 6.07) is 25.8. The number of ether oxygens (including phenoxy) is 1. The highest BCUT2D eigenvalue weighted by Crippen LogP contribution is 2.35. The monoisotopic (exact) mass is 456 g/mol. The normalized spacial score (nSPS) is 12.1. The van der Waals surface area contributed by atoms with E-state index in [9.17, 15) is 5.26 Å². The standard InChI is InChI=1S/C24H17BrN4O/c25-18-9-6-16-12-13-29-24(27-22(16)14-18)21(15-26)23(28-29)17-7-10-20(11-8-17)30-19-4-2-1-3-5-19/h1-11,14,27H,12-13H2. The van der Waals surface area contributed by atoms with Crippen molar-refractivity contribution in [2.75, 3.05) is 5.32 Å². The lowest BCUT2D eigenvalue weighted by molar-refractivity contribution is 0.483. The Bertz CT molecular complexity index is 1260. The largest absolute Gasteiger partial charge is 0.457 e. The van der Waals surface area contributed by atoms with E-state index in [-0.39, 0.29) is 0 Å². The molecule has 1 N–H and O–H groups in total. The maximum atomic E-state index is 9.89. The molecule has 0 amide bonds. The van der Waals surface area contributed by atoms with Crippen LogP contribution in [0.4, 0.5) is 11.5 Å². The van der Waals surface area contributed by atoms with Crippen LogP contribution in [0.25, 0.3) is 11.3 Å². The van der Waals surface area contributed by atoms with Gasteiger partial charge >= 0.3 is 0 Å². The van der Waals surface area contributed by atoms with E-state index in [1.165, 1.54) is 5.56 Å². The van der Waals surface area contributed by atoms with Crippen LogP contribution >= 0.6 is 15.9 Å². The van der Waals surface area contributed by atoms with Gasteiger partial charge in [-0.15, -0.1) is 0 Å². The molecule has 1 aliphatic rings. The molecule has 3 aromatic carbocycles. The molecule has 30 heavy (non-hydrogen) atoms. The number of hydrogen-bond acceptors (Lipinski definition) is 4. The third kappa shape index (κ3) is 3.44. The number of anilines is 2. The minimum absolute atomic E-state index is 0.541. The fourth-order valence-corrected chi connectivity index (χ4v) is 3.96. The van der Waals surface area contributed by atoms with Gasteiger partial charge in [0.1, 0.15) is 34.6 Å². The van der Waals surface area contributed by atoms with Crippen molar-refractivity contribution in [2.45, 2.75) is 13.0 Å². The second-order valence-electron chi connectivity index (χ2n) is 7.02. The van der Waals surface area contributed by atoms with E-state index in [0.717, 1.165) is 39.5 Å². The molecule has 0 aliphatic carbocycles. The Morgan fingerprint density at radius 2 is 1.77 bits per heavy atom. The van der Waals surface area contributed by atoms with Crippen molar-refractivity contribution in [3.63, 3.8) is 0 Å². The van der Waals surface area contributed by atoms with E-state index in [4.69, 9.17) is 9.84 Å². The number of fused-ring (bicyclic) bond motifs is 2. The van der Waals surface area contributed by atoms with Gasteiger partial charge in [-0.25, -0.2) is 4.68 Å². The number of benzene rings is 3. The van der Waals surface area contributed by atoms with Gasteiger partial charge in [-0.3, -0.25) is 0 Å². The van der Waals surface area contributed by atoms with Crippen LogP contribution in [0.3, 0.4) is 0 Å². The van der Waals surface area contributed by atoms with E-state index >= 15 is 0 Å². The van der Waals surface area contributed by atoms with Crippen LogP contribution in [0.2, 0.25) is 0 Å². The fourth-order valence-electron chi connectivity index (χ4n) is 3.60. The number of aromatic nitrogens is 2. The first kappa shape index (κ1) is 18.5. The van der Waals surface area contributed by atoms with Gasteiger partial charge in [0.25, 0.3) is 0 Å². The summed E-state index contributed by atoms with van der Waals surface area (Å²) in [7, 11) is 0. The maximum absolute atomic E-state index is 9.89. The second-order valence-corrected chi connectivity index (χ2v) is 7.94. The predicted molar refractivity (Wildman–Crippen MR) is 120 cm³/mol. The molecular formula is C24H17BrN4O. The van der Waals surface area contributed by atoms with Crippen LogP contribution in [-0.2, 0) is 13.0 Å². The highest BCUT2D eigenvalue weighted by atomic mass is 79.9. The quantitative estimate of drug-likeness (QED) is 0.394. The lowest BCUT2D eigenvalue weighted by Crippen LogP contribution is -2.02. The molecular weight excluding hydrogens is 440 g/mol. The van der Waals surface area contributed by atoms with Crippen LogP contribution in [0.15, 0.2) is 77.3 Å². The number of nitrogens with zero attached hydrogens (tertiary/aromatic N) is 3. The molecule has 146 valence electrons. The zero-order valence-electron chi connectivity index (χ0n) is 16.0. The van der Waals surface area contributed by atoms with Gasteiger partial charge in [0, 0.05) is 22.3 Å². The average Bonchev–Trinajstić information content (AvgIpc) is 3.01. The molecule has 1 aliphatic heterocycles. The zero-order chi connectivity index (χ0) is 20.5. The molecule has 0 atom stereocenters. The molecule has 0 saturated heterocycles. The van der Waals surface area contributed by atoms with E-state index in [0.29, 0.717) is 17.8 Å². The molecule has 6 heteroatoms. The molecule has 5 rings (SSSR count). The second kappa shape index (κ2) is 7.69. The van der Waals surface area contributed by atoms with Gasteiger partial charge < -0.3 is 10.1 Å². The van der Waals surface area contributed by atoms with Crippen molar-refractivity contribution < 1.29 is 4.74 Å². The van der Waals surface area contributed by atoms with Crippen LogP contribution in [0.5, 0.6) is 11.5 Å². The lowest BCUT2D eigenvalue weighted by Gasteiger charge is -2.08. The number of halogens is 1. The van der Waals surface area contributed by atoms with Crippen LogP contribution in [-0.4, -0.2) is 9.78 Å². The fraction of sp³-hybridized carbons (Fsp3) is 0.0833. The predicted octanol–water partition coefficient (Wildman–Crippen LogP) is 6.28. The van der Waals surface area contributed by atoms with Crippen LogP contribution < -0.4 is 10.1 Å². The van der Waals surface area contributed by atoms with E-state index in [1.807, 2.05) is 71.4 Å². The van der Waals surface area contributed by atoms with E-state index in [2.05, 4.69) is 33.4 Å². The van der Waals surface area contributed by atoms with Crippen molar-refractivity contribution in [3.8, 4) is 28.8 Å². The molecule has 0 spiro atoms. The third-order valence-electron chi connectivity index (χ3n) is 5.09. The molecule has 4 aromatic rings. The minimum Gasteiger partial charge on any atom is -0.457 e. The number of hydrogen-bond donors (Lipinski definition) is 1. The number of aryl methyl sites for hydroxylation is 2. The Morgan fingerprint density at radius 1 is 1.00 bits per heavy atom. The van der Waals surface area contributed by atoms with Gasteiger partial charge in [-0.2, -0.15) is 10.4 Å². The molecule has 0 unspecified atom stereocenters. The van der Waals surface area contributed by atoms with Crippen molar-refractivity contribution >= 4 is 27.4 Å². The van der Waals surface area contributed by atoms with Crippen molar-refractivity contribution in [2.24, 2.45) is 0 Å². The Balaban J connectivity index is 1.48. The number of nitriles is 1. The van der Waals surface area contributed by atoms with Crippen LogP contribution in [0.1, 0.15) is 11.1 Å². The number of nitrogens with one attached hydrogen (secondary N) is 1. The number of rotatable bonds is 3. The molecule has 0 saturated carbocycles. The number of para-hydroxylation sites is 1. The SMILES string of the molecule is N#Cc1c(-c2ccc(Oc3ccccc3)cc2)nn2c1Nc1cc(Br)ccc1CC2. The summed E-state index contributed by atoms with van der Waals surface area (Å²) in [5.74, 6) is 2.25. The summed E-state index contributed by atoms with van der Waals surface area (Å²) in [5, 5.41) is 18.1. The Hall–Kier alpha value is -3.56. The van der Waals surface area contributed by atoms with E-state index < -0.39 is 0 Å². The Labute approximate surface area is 182 Å². The first-order valence-electron chi connectivity index (χ1n) is 9.61. The maximum Gasteiger partial charge on any atom is 0.147 e. The first-order valence-corrected chi connectivity index (χ1v) is 10.4. The van der Waals surface area contributed by atoms with Crippen molar-refractivity contribution in [1.29, 1.82) is 5.26 Å². The molecule has 2 heterocycles. The Morgan fingerprint density at radius 3 is 2.53 bits per heavy atom. The van der Waals surface area contributed by atoms with Gasteiger partial charge in [-0.1, -0.05) is 40.2 Å². The topological polar surface area (TPSA) is 62.9 Å². The zero-order valence-corrected chi connectivity index (χ0v) is 17.6. The lowest BCUT2D eigenvalue weighted by atomic mass is 10.1. The molecule has 0 bridgehead atoms. The average molecular weight is 457 g/mol. The molecule has 0 fully saturated rings. The highest BCUT2D eigenvalue weighted by Gasteiger charge is 2.22. The minimum atomic E-state index is 0.541. The van der Waals surface area contributed by atoms with Gasteiger partial charge in [0.05, 0.1) is 0 Å². The summed E-state index contributed by atoms with van der Waals surface area (Å²) in [6.45, 7) is 0.709. The van der Waals surface area contributed by atoms with Crippen molar-refractivity contribution in [1.82, 2.24) is 9.78 Å². The summed E-state index contributed by atoms with van der Waals surface area (Å²) >= 11 is 3.52. The van der Waals surface area contributed by atoms with Gasteiger partial charge in [-0.05, 0) is 60.5 Å². The third-order valence-corrected chi connectivity index (χ3v) is 5.58. The molecule has 0 radical (unpaired) electrons. The van der Waals surface area contributed by atoms with Gasteiger partial charge in [0.2, 0.25) is 0 Å².